The van der Waals surface area contributed by atoms with Crippen molar-refractivity contribution >= 4 is 5.97 Å². The third-order valence-electron chi connectivity index (χ3n) is 3.41. The van der Waals surface area contributed by atoms with Crippen molar-refractivity contribution in [2.45, 2.75) is 26.7 Å². The molecular weight excluding hydrogens is 270 g/mol. The van der Waals surface area contributed by atoms with Gasteiger partial charge in [-0.1, -0.05) is 13.8 Å². The van der Waals surface area contributed by atoms with Gasteiger partial charge in [0.05, 0.1) is 12.8 Å². The number of esters is 1. The highest BCUT2D eigenvalue weighted by Crippen LogP contribution is 2.30. The van der Waals surface area contributed by atoms with E-state index in [2.05, 4.69) is 10.2 Å². The Balaban J connectivity index is 2.67. The summed E-state index contributed by atoms with van der Waals surface area (Å²) >= 11 is 0. The molecule has 2 aromatic rings. The standard InChI is InChI=1S/C15H19N3O3/c1-8(2)11-12(16-17-13(11)15(20)21-5)10-6-9(3)14(19)18(4)7-10/h6-8H,1-5H3,(H,16,17). The van der Waals surface area contributed by atoms with Crippen LogP contribution < -0.4 is 5.56 Å². The predicted molar refractivity (Wildman–Crippen MR) is 79.4 cm³/mol. The molecule has 2 heterocycles. The maximum atomic E-state index is 11.8. The highest BCUT2D eigenvalue weighted by molar-refractivity contribution is 5.91. The lowest BCUT2D eigenvalue weighted by Crippen LogP contribution is -2.18. The van der Waals surface area contributed by atoms with Gasteiger partial charge in [0.15, 0.2) is 0 Å². The third-order valence-corrected chi connectivity index (χ3v) is 3.41. The Morgan fingerprint density at radius 2 is 2.10 bits per heavy atom. The minimum atomic E-state index is -0.445. The third kappa shape index (κ3) is 2.61. The number of rotatable bonds is 3. The molecule has 0 aliphatic rings. The van der Waals surface area contributed by atoms with Gasteiger partial charge in [0.1, 0.15) is 5.69 Å². The van der Waals surface area contributed by atoms with E-state index in [0.717, 1.165) is 11.1 Å². The van der Waals surface area contributed by atoms with E-state index in [4.69, 9.17) is 4.74 Å². The fourth-order valence-electron chi connectivity index (χ4n) is 2.40. The summed E-state index contributed by atoms with van der Waals surface area (Å²) in [5.41, 5.74) is 3.20. The first kappa shape index (κ1) is 15.0. The van der Waals surface area contributed by atoms with Crippen molar-refractivity contribution in [2.75, 3.05) is 7.11 Å². The number of nitrogens with one attached hydrogen (secondary N) is 1. The van der Waals surface area contributed by atoms with Gasteiger partial charge in [-0.25, -0.2) is 4.79 Å². The minimum Gasteiger partial charge on any atom is -0.464 e. The van der Waals surface area contributed by atoms with E-state index in [0.29, 0.717) is 17.0 Å². The van der Waals surface area contributed by atoms with Crippen LogP contribution in [0.5, 0.6) is 0 Å². The lowest BCUT2D eigenvalue weighted by atomic mass is 9.97. The van der Waals surface area contributed by atoms with Gasteiger partial charge >= 0.3 is 5.97 Å². The van der Waals surface area contributed by atoms with Crippen LogP contribution in [0.2, 0.25) is 0 Å². The number of ether oxygens (including phenoxy) is 1. The van der Waals surface area contributed by atoms with Crippen molar-refractivity contribution in [1.29, 1.82) is 0 Å². The molecule has 112 valence electrons. The number of aryl methyl sites for hydroxylation is 2. The summed E-state index contributed by atoms with van der Waals surface area (Å²) in [6.07, 6.45) is 1.72. The van der Waals surface area contributed by atoms with Crippen molar-refractivity contribution < 1.29 is 9.53 Å². The van der Waals surface area contributed by atoms with Gasteiger partial charge in [-0.15, -0.1) is 0 Å². The van der Waals surface area contributed by atoms with Crippen LogP contribution in [0.1, 0.15) is 41.4 Å². The second-order valence-electron chi connectivity index (χ2n) is 5.34. The first-order chi connectivity index (χ1) is 9.86. The molecule has 0 atom stereocenters. The van der Waals surface area contributed by atoms with Crippen LogP contribution in [0.15, 0.2) is 17.1 Å². The first-order valence-corrected chi connectivity index (χ1v) is 6.71. The van der Waals surface area contributed by atoms with Crippen LogP contribution in [0, 0.1) is 6.92 Å². The highest BCUT2D eigenvalue weighted by atomic mass is 16.5. The molecule has 0 bridgehead atoms. The summed E-state index contributed by atoms with van der Waals surface area (Å²) in [6, 6.07) is 1.78. The topological polar surface area (TPSA) is 77.0 Å². The number of hydrogen-bond acceptors (Lipinski definition) is 4. The fourth-order valence-corrected chi connectivity index (χ4v) is 2.40. The molecule has 21 heavy (non-hydrogen) atoms. The molecule has 0 unspecified atom stereocenters. The molecule has 0 saturated carbocycles. The molecule has 0 amide bonds. The second-order valence-corrected chi connectivity index (χ2v) is 5.34. The Hall–Kier alpha value is -2.37. The monoisotopic (exact) mass is 289 g/mol. The Morgan fingerprint density at radius 1 is 1.43 bits per heavy atom. The van der Waals surface area contributed by atoms with E-state index in [-0.39, 0.29) is 11.5 Å². The molecule has 0 aliphatic heterocycles. The van der Waals surface area contributed by atoms with E-state index >= 15 is 0 Å². The van der Waals surface area contributed by atoms with Gasteiger partial charge in [0.25, 0.3) is 5.56 Å². The van der Waals surface area contributed by atoms with Crippen LogP contribution in [-0.2, 0) is 11.8 Å². The molecule has 0 aromatic carbocycles. The molecule has 6 heteroatoms. The average molecular weight is 289 g/mol. The number of H-pyrrole nitrogens is 1. The van der Waals surface area contributed by atoms with Gasteiger partial charge in [-0.3, -0.25) is 9.89 Å². The summed E-state index contributed by atoms with van der Waals surface area (Å²) in [6.45, 7) is 5.72. The van der Waals surface area contributed by atoms with Crippen LogP contribution in [0.3, 0.4) is 0 Å². The minimum absolute atomic E-state index is 0.0476. The van der Waals surface area contributed by atoms with Gasteiger partial charge in [0, 0.05) is 29.9 Å². The van der Waals surface area contributed by atoms with Crippen molar-refractivity contribution in [3.05, 3.63) is 39.4 Å². The number of pyridine rings is 1. The molecule has 1 N–H and O–H groups in total. The van der Waals surface area contributed by atoms with E-state index in [1.807, 2.05) is 13.8 Å². The van der Waals surface area contributed by atoms with Crippen LogP contribution in [0.25, 0.3) is 11.3 Å². The van der Waals surface area contributed by atoms with E-state index < -0.39 is 5.97 Å². The number of nitrogens with zero attached hydrogens (tertiary/aromatic N) is 2. The predicted octanol–water partition coefficient (Wildman–Crippen LogP) is 1.99. The number of hydrogen-bond donors (Lipinski definition) is 1. The van der Waals surface area contributed by atoms with Crippen molar-refractivity contribution in [3.63, 3.8) is 0 Å². The van der Waals surface area contributed by atoms with Crippen molar-refractivity contribution in [2.24, 2.45) is 7.05 Å². The highest BCUT2D eigenvalue weighted by Gasteiger charge is 2.23. The summed E-state index contributed by atoms with van der Waals surface area (Å²) in [7, 11) is 3.03. The van der Waals surface area contributed by atoms with Gasteiger partial charge in [-0.05, 0) is 18.9 Å². The largest absolute Gasteiger partial charge is 0.464 e. The van der Waals surface area contributed by atoms with Crippen LogP contribution >= 0.6 is 0 Å². The molecule has 2 aromatic heterocycles. The van der Waals surface area contributed by atoms with E-state index in [1.165, 1.54) is 11.7 Å². The number of carbonyl (C=O) groups excluding carboxylic acids is 1. The SMILES string of the molecule is COC(=O)c1[nH]nc(-c2cc(C)c(=O)n(C)c2)c1C(C)C. The summed E-state index contributed by atoms with van der Waals surface area (Å²) in [5.74, 6) is -0.357. The van der Waals surface area contributed by atoms with Crippen molar-refractivity contribution in [3.8, 4) is 11.3 Å². The zero-order chi connectivity index (χ0) is 15.7. The molecule has 0 aliphatic carbocycles. The summed E-state index contributed by atoms with van der Waals surface area (Å²) in [4.78, 5) is 23.6. The maximum absolute atomic E-state index is 11.8. The van der Waals surface area contributed by atoms with Crippen molar-refractivity contribution in [1.82, 2.24) is 14.8 Å². The van der Waals surface area contributed by atoms with E-state index in [9.17, 15) is 9.59 Å². The smallest absolute Gasteiger partial charge is 0.356 e. The molecule has 0 saturated heterocycles. The number of carbonyl (C=O) groups is 1. The fraction of sp³-hybridized carbons (Fsp3) is 0.400. The Bertz CT molecular complexity index is 715. The number of aromatic amines is 1. The number of aromatic nitrogens is 3. The molecule has 2 rings (SSSR count). The molecular formula is C15H19N3O3. The first-order valence-electron chi connectivity index (χ1n) is 6.71. The summed E-state index contributed by atoms with van der Waals surface area (Å²) in [5, 5.41) is 6.99. The lowest BCUT2D eigenvalue weighted by Gasteiger charge is -2.10. The zero-order valence-electron chi connectivity index (χ0n) is 12.9. The quantitative estimate of drug-likeness (QED) is 0.877. The second kappa shape index (κ2) is 5.55. The molecule has 6 nitrogen and oxygen atoms in total. The number of methoxy groups -OCH3 is 1. The van der Waals surface area contributed by atoms with Crippen LogP contribution in [-0.4, -0.2) is 27.8 Å². The van der Waals surface area contributed by atoms with E-state index in [1.54, 1.807) is 26.2 Å². The molecule has 0 spiro atoms. The Kier molecular flexibility index (Phi) is 3.97. The summed E-state index contributed by atoms with van der Waals surface area (Å²) < 4.78 is 6.29. The Labute approximate surface area is 122 Å². The van der Waals surface area contributed by atoms with Gasteiger partial charge in [0.2, 0.25) is 0 Å². The van der Waals surface area contributed by atoms with Gasteiger partial charge in [-0.2, -0.15) is 5.10 Å². The zero-order valence-corrected chi connectivity index (χ0v) is 12.9. The lowest BCUT2D eigenvalue weighted by molar-refractivity contribution is 0.0592. The Morgan fingerprint density at radius 3 is 2.62 bits per heavy atom. The van der Waals surface area contributed by atoms with Crippen LogP contribution in [0.4, 0.5) is 0 Å². The molecule has 0 fully saturated rings. The maximum Gasteiger partial charge on any atom is 0.356 e. The normalized spacial score (nSPS) is 11.0. The average Bonchev–Trinajstić information content (AvgIpc) is 2.88. The molecule has 0 radical (unpaired) electrons. The van der Waals surface area contributed by atoms with Gasteiger partial charge < -0.3 is 9.30 Å².